The van der Waals surface area contributed by atoms with Crippen LogP contribution in [0.15, 0.2) is 53.7 Å². The predicted octanol–water partition coefficient (Wildman–Crippen LogP) is 3.66. The van der Waals surface area contributed by atoms with Crippen molar-refractivity contribution in [2.24, 2.45) is 0 Å². The Balaban J connectivity index is 1.50. The number of hydrogen-bond acceptors (Lipinski definition) is 6. The summed E-state index contributed by atoms with van der Waals surface area (Å²) >= 11 is 7.25. The van der Waals surface area contributed by atoms with Crippen molar-refractivity contribution < 1.29 is 14.3 Å². The van der Waals surface area contributed by atoms with E-state index >= 15 is 0 Å². The fourth-order valence-corrected chi connectivity index (χ4v) is 3.97. The summed E-state index contributed by atoms with van der Waals surface area (Å²) in [6.45, 7) is 3.06. The molecule has 0 atom stereocenters. The van der Waals surface area contributed by atoms with E-state index < -0.39 is 0 Å². The van der Waals surface area contributed by atoms with Crippen molar-refractivity contribution >= 4 is 40.9 Å². The van der Waals surface area contributed by atoms with E-state index in [0.717, 1.165) is 5.82 Å². The number of aromatic nitrogens is 3. The SMILES string of the molecule is CCn1c(CCNC(=O)c2ccc(OC)cc2)nnc1SCC(=O)Nc1cccc(Cl)c1. The Morgan fingerprint density at radius 2 is 1.94 bits per heavy atom. The quantitative estimate of drug-likeness (QED) is 0.436. The standard InChI is InChI=1S/C22H24ClN5O3S/c1-3-28-19(11-12-24-21(30)15-7-9-18(31-2)10-8-15)26-27-22(28)32-14-20(29)25-17-6-4-5-16(23)13-17/h4-10,13H,3,11-12,14H2,1-2H3,(H,24,30)(H,25,29). The number of carbonyl (C=O) groups is 2. The van der Waals surface area contributed by atoms with Crippen LogP contribution in [0.25, 0.3) is 0 Å². The van der Waals surface area contributed by atoms with Crippen LogP contribution in [0.4, 0.5) is 5.69 Å². The zero-order valence-corrected chi connectivity index (χ0v) is 19.4. The molecule has 8 nitrogen and oxygen atoms in total. The normalized spacial score (nSPS) is 10.6. The number of ether oxygens (including phenoxy) is 1. The number of methoxy groups -OCH3 is 1. The summed E-state index contributed by atoms with van der Waals surface area (Å²) in [5.41, 5.74) is 1.21. The van der Waals surface area contributed by atoms with Crippen molar-refractivity contribution in [2.75, 3.05) is 24.7 Å². The number of halogens is 1. The van der Waals surface area contributed by atoms with Crippen molar-refractivity contribution in [2.45, 2.75) is 25.0 Å². The van der Waals surface area contributed by atoms with Gasteiger partial charge in [-0.25, -0.2) is 0 Å². The molecule has 2 aromatic carbocycles. The first-order valence-electron chi connectivity index (χ1n) is 10.0. The minimum atomic E-state index is -0.164. The molecule has 3 rings (SSSR count). The van der Waals surface area contributed by atoms with Crippen LogP contribution >= 0.6 is 23.4 Å². The molecule has 0 fully saturated rings. The second kappa shape index (κ2) is 11.5. The molecule has 32 heavy (non-hydrogen) atoms. The van der Waals surface area contributed by atoms with Crippen LogP contribution in [0.2, 0.25) is 5.02 Å². The zero-order valence-electron chi connectivity index (χ0n) is 17.8. The molecule has 168 valence electrons. The molecule has 0 radical (unpaired) electrons. The molecule has 0 bridgehead atoms. The smallest absolute Gasteiger partial charge is 0.251 e. The van der Waals surface area contributed by atoms with Gasteiger partial charge >= 0.3 is 0 Å². The molecule has 3 aromatic rings. The maximum Gasteiger partial charge on any atom is 0.251 e. The summed E-state index contributed by atoms with van der Waals surface area (Å²) < 4.78 is 7.04. The van der Waals surface area contributed by atoms with Crippen LogP contribution in [-0.2, 0) is 17.8 Å². The largest absolute Gasteiger partial charge is 0.497 e. The summed E-state index contributed by atoms with van der Waals surface area (Å²) in [6, 6.07) is 13.9. The maximum absolute atomic E-state index is 12.3. The number of anilines is 1. The Hall–Kier alpha value is -3.04. The summed E-state index contributed by atoms with van der Waals surface area (Å²) in [4.78, 5) is 24.5. The molecule has 1 heterocycles. The van der Waals surface area contributed by atoms with Gasteiger partial charge in [0.1, 0.15) is 11.6 Å². The average molecular weight is 474 g/mol. The van der Waals surface area contributed by atoms with E-state index in [1.807, 2.05) is 11.5 Å². The number of rotatable bonds is 10. The molecule has 0 unspecified atom stereocenters. The third kappa shape index (κ3) is 6.48. The van der Waals surface area contributed by atoms with E-state index in [1.54, 1.807) is 55.6 Å². The van der Waals surface area contributed by atoms with Gasteiger partial charge in [0.25, 0.3) is 5.91 Å². The Bertz CT molecular complexity index is 1070. The second-order valence-corrected chi connectivity index (χ2v) is 8.10. The van der Waals surface area contributed by atoms with Gasteiger partial charge < -0.3 is 19.9 Å². The van der Waals surface area contributed by atoms with Gasteiger partial charge in [-0.1, -0.05) is 29.4 Å². The van der Waals surface area contributed by atoms with E-state index in [9.17, 15) is 9.59 Å². The summed E-state index contributed by atoms with van der Waals surface area (Å²) in [7, 11) is 1.58. The van der Waals surface area contributed by atoms with E-state index in [4.69, 9.17) is 16.3 Å². The van der Waals surface area contributed by atoms with Crippen LogP contribution in [0, 0.1) is 0 Å². The Morgan fingerprint density at radius 1 is 1.16 bits per heavy atom. The van der Waals surface area contributed by atoms with Gasteiger partial charge in [-0.2, -0.15) is 0 Å². The Labute approximate surface area is 195 Å². The Morgan fingerprint density at radius 3 is 2.62 bits per heavy atom. The van der Waals surface area contributed by atoms with Gasteiger partial charge in [0.2, 0.25) is 5.91 Å². The summed E-state index contributed by atoms with van der Waals surface area (Å²) in [5, 5.41) is 15.3. The number of benzene rings is 2. The molecule has 1 aromatic heterocycles. The average Bonchev–Trinajstić information content (AvgIpc) is 3.19. The fraction of sp³-hybridized carbons (Fsp3) is 0.273. The lowest BCUT2D eigenvalue weighted by molar-refractivity contribution is -0.113. The number of hydrogen-bond donors (Lipinski definition) is 2. The van der Waals surface area contributed by atoms with Gasteiger partial charge in [-0.3, -0.25) is 9.59 Å². The van der Waals surface area contributed by atoms with Gasteiger partial charge in [-0.05, 0) is 49.4 Å². The minimum absolute atomic E-state index is 0.156. The molecule has 0 aliphatic rings. The number of amides is 2. The Kier molecular flexibility index (Phi) is 8.52. The highest BCUT2D eigenvalue weighted by molar-refractivity contribution is 7.99. The van der Waals surface area contributed by atoms with Crippen LogP contribution in [-0.4, -0.2) is 46.0 Å². The first-order valence-corrected chi connectivity index (χ1v) is 11.4. The van der Waals surface area contributed by atoms with Crippen LogP contribution < -0.4 is 15.4 Å². The van der Waals surface area contributed by atoms with E-state index in [-0.39, 0.29) is 17.6 Å². The molecule has 0 aliphatic carbocycles. The van der Waals surface area contributed by atoms with E-state index in [1.165, 1.54) is 11.8 Å². The van der Waals surface area contributed by atoms with Gasteiger partial charge in [0.15, 0.2) is 5.16 Å². The lowest BCUT2D eigenvalue weighted by Gasteiger charge is -2.09. The monoisotopic (exact) mass is 473 g/mol. The first-order chi connectivity index (χ1) is 15.5. The molecule has 10 heteroatoms. The second-order valence-electron chi connectivity index (χ2n) is 6.72. The molecular formula is C22H24ClN5O3S. The molecule has 0 saturated heterocycles. The summed E-state index contributed by atoms with van der Waals surface area (Å²) in [6.07, 6.45) is 0.526. The molecular weight excluding hydrogens is 450 g/mol. The highest BCUT2D eigenvalue weighted by Gasteiger charge is 2.14. The lowest BCUT2D eigenvalue weighted by atomic mass is 10.2. The molecule has 2 N–H and O–H groups in total. The minimum Gasteiger partial charge on any atom is -0.497 e. The summed E-state index contributed by atoms with van der Waals surface area (Å²) in [5.74, 6) is 1.32. The van der Waals surface area contributed by atoms with Crippen LogP contribution in [0.3, 0.4) is 0 Å². The van der Waals surface area contributed by atoms with Gasteiger partial charge in [0, 0.05) is 35.8 Å². The van der Waals surface area contributed by atoms with E-state index in [2.05, 4.69) is 20.8 Å². The van der Waals surface area contributed by atoms with Crippen molar-refractivity contribution in [1.82, 2.24) is 20.1 Å². The number of nitrogens with one attached hydrogen (secondary N) is 2. The zero-order chi connectivity index (χ0) is 22.9. The van der Waals surface area contributed by atoms with E-state index in [0.29, 0.717) is 46.7 Å². The third-order valence-electron chi connectivity index (χ3n) is 4.54. The van der Waals surface area contributed by atoms with Gasteiger partial charge in [0.05, 0.1) is 12.9 Å². The van der Waals surface area contributed by atoms with Crippen molar-refractivity contribution in [3.8, 4) is 5.75 Å². The number of carbonyl (C=O) groups excluding carboxylic acids is 2. The number of nitrogens with zero attached hydrogens (tertiary/aromatic N) is 3. The highest BCUT2D eigenvalue weighted by atomic mass is 35.5. The number of thioether (sulfide) groups is 1. The third-order valence-corrected chi connectivity index (χ3v) is 5.74. The van der Waals surface area contributed by atoms with Crippen molar-refractivity contribution in [1.29, 1.82) is 0 Å². The highest BCUT2D eigenvalue weighted by Crippen LogP contribution is 2.19. The van der Waals surface area contributed by atoms with Crippen LogP contribution in [0.5, 0.6) is 5.75 Å². The topological polar surface area (TPSA) is 98.1 Å². The van der Waals surface area contributed by atoms with Crippen molar-refractivity contribution in [3.63, 3.8) is 0 Å². The fourth-order valence-electron chi connectivity index (χ4n) is 2.95. The maximum atomic E-state index is 12.3. The molecule has 2 amide bonds. The lowest BCUT2D eigenvalue weighted by Crippen LogP contribution is -2.26. The predicted molar refractivity (Wildman–Crippen MR) is 126 cm³/mol. The van der Waals surface area contributed by atoms with Crippen molar-refractivity contribution in [3.05, 3.63) is 64.9 Å². The molecule has 0 aliphatic heterocycles. The first kappa shape index (κ1) is 23.6. The molecule has 0 saturated carbocycles. The van der Waals surface area contributed by atoms with Crippen LogP contribution in [0.1, 0.15) is 23.1 Å². The molecule has 0 spiro atoms. The van der Waals surface area contributed by atoms with Gasteiger partial charge in [-0.15, -0.1) is 10.2 Å².